The summed E-state index contributed by atoms with van der Waals surface area (Å²) in [6.07, 6.45) is 2.06. The molecule has 1 N–H and O–H groups in total. The first-order valence-corrected chi connectivity index (χ1v) is 5.93. The van der Waals surface area contributed by atoms with Gasteiger partial charge in [-0.15, -0.1) is 0 Å². The molecule has 2 rings (SSSR count). The summed E-state index contributed by atoms with van der Waals surface area (Å²) in [6, 6.07) is 0. The molecule has 4 nitrogen and oxygen atoms in total. The highest BCUT2D eigenvalue weighted by Crippen LogP contribution is 2.46. The van der Waals surface area contributed by atoms with E-state index in [0.29, 0.717) is 18.7 Å². The molecule has 2 aliphatic heterocycles. The van der Waals surface area contributed by atoms with E-state index in [-0.39, 0.29) is 0 Å². The number of hydrogen-bond acceptors (Lipinski definition) is 4. The van der Waals surface area contributed by atoms with Crippen molar-refractivity contribution in [1.82, 2.24) is 0 Å². The molecule has 16 heavy (non-hydrogen) atoms. The van der Waals surface area contributed by atoms with Crippen LogP contribution in [-0.4, -0.2) is 29.5 Å². The summed E-state index contributed by atoms with van der Waals surface area (Å²) in [6.45, 7) is 8.40. The zero-order valence-corrected chi connectivity index (χ0v) is 10.6. The van der Waals surface area contributed by atoms with Crippen LogP contribution in [0.25, 0.3) is 0 Å². The van der Waals surface area contributed by atoms with Crippen LogP contribution in [0.5, 0.6) is 0 Å². The third kappa shape index (κ3) is 1.90. The van der Waals surface area contributed by atoms with Gasteiger partial charge in [0.05, 0.1) is 0 Å². The third-order valence-electron chi connectivity index (χ3n) is 3.45. The first kappa shape index (κ1) is 12.0. The number of hydrogen-bond donors (Lipinski definition) is 1. The number of fused-ring (bicyclic) bond motifs is 2. The summed E-state index contributed by atoms with van der Waals surface area (Å²) in [5, 5.41) is 8.03. The van der Waals surface area contributed by atoms with Crippen LogP contribution < -0.4 is 0 Å². The maximum absolute atomic E-state index is 8.03. The Bertz CT molecular complexity index is 319. The molecule has 0 spiro atoms. The lowest BCUT2D eigenvalue weighted by Gasteiger charge is -2.55. The summed E-state index contributed by atoms with van der Waals surface area (Å²) in [5.74, 6) is -1.25. The molecular formula is C12H21NO3. The molecule has 0 amide bonds. The quantitative estimate of drug-likeness (QED) is 0.788. The molecule has 2 fully saturated rings. The van der Waals surface area contributed by atoms with Gasteiger partial charge in [0.15, 0.2) is 11.6 Å². The molecule has 2 heterocycles. The van der Waals surface area contributed by atoms with Gasteiger partial charge in [-0.25, -0.2) is 0 Å². The fraction of sp³-hybridized carbons (Fsp3) is 0.917. The van der Waals surface area contributed by atoms with Crippen molar-refractivity contribution in [2.75, 3.05) is 6.61 Å². The maximum Gasteiger partial charge on any atom is 0.172 e. The predicted molar refractivity (Wildman–Crippen MR) is 60.6 cm³/mol. The molecule has 0 radical (unpaired) electrons. The Morgan fingerprint density at radius 3 is 2.62 bits per heavy atom. The van der Waals surface area contributed by atoms with Gasteiger partial charge in [-0.3, -0.25) is 0 Å². The van der Waals surface area contributed by atoms with E-state index in [0.717, 1.165) is 12.8 Å². The van der Waals surface area contributed by atoms with E-state index in [4.69, 9.17) is 19.6 Å². The van der Waals surface area contributed by atoms with Crippen molar-refractivity contribution in [2.45, 2.75) is 64.1 Å². The number of nitrogens with one attached hydrogen (secondary N) is 1. The minimum absolute atomic E-state index is 0.533. The summed E-state index contributed by atoms with van der Waals surface area (Å²) >= 11 is 0. The summed E-state index contributed by atoms with van der Waals surface area (Å²) in [5.41, 5.74) is 0.119. The summed E-state index contributed by atoms with van der Waals surface area (Å²) in [4.78, 5) is 0. The third-order valence-corrected chi connectivity index (χ3v) is 3.45. The van der Waals surface area contributed by atoms with Gasteiger partial charge < -0.3 is 19.6 Å². The maximum atomic E-state index is 8.03. The summed E-state index contributed by atoms with van der Waals surface area (Å²) in [7, 11) is 0. The van der Waals surface area contributed by atoms with Crippen LogP contribution in [0.4, 0.5) is 0 Å². The molecule has 4 heteroatoms. The average Bonchev–Trinajstić information content (AvgIpc) is 2.10. The molecule has 0 saturated carbocycles. The Balaban J connectivity index is 2.28. The van der Waals surface area contributed by atoms with Crippen molar-refractivity contribution in [2.24, 2.45) is 0 Å². The first-order valence-electron chi connectivity index (χ1n) is 5.93. The van der Waals surface area contributed by atoms with Crippen LogP contribution in [0, 0.1) is 5.41 Å². The van der Waals surface area contributed by atoms with Crippen molar-refractivity contribution in [3.8, 4) is 0 Å². The molecule has 0 aromatic heterocycles. The van der Waals surface area contributed by atoms with Gasteiger partial charge in [0.2, 0.25) is 0 Å². The average molecular weight is 227 g/mol. The van der Waals surface area contributed by atoms with E-state index < -0.39 is 17.2 Å². The van der Waals surface area contributed by atoms with Gasteiger partial charge in [-0.05, 0) is 34.1 Å². The largest absolute Gasteiger partial charge is 0.350 e. The van der Waals surface area contributed by atoms with Gasteiger partial charge in [0.25, 0.3) is 0 Å². The lowest BCUT2D eigenvalue weighted by Crippen LogP contribution is -2.63. The Morgan fingerprint density at radius 2 is 2.00 bits per heavy atom. The molecule has 3 unspecified atom stereocenters. The van der Waals surface area contributed by atoms with Gasteiger partial charge in [-0.1, -0.05) is 0 Å². The van der Waals surface area contributed by atoms with Gasteiger partial charge in [0.1, 0.15) is 5.60 Å². The fourth-order valence-electron chi connectivity index (χ4n) is 2.91. The number of rotatable bonds is 2. The molecule has 0 aromatic carbocycles. The zero-order chi connectivity index (χ0) is 12.0. The smallest absolute Gasteiger partial charge is 0.172 e. The highest BCUT2D eigenvalue weighted by molar-refractivity contribution is 5.90. The number of ether oxygens (including phenoxy) is 3. The lowest BCUT2D eigenvalue weighted by atomic mass is 9.82. The highest BCUT2D eigenvalue weighted by Gasteiger charge is 2.55. The summed E-state index contributed by atoms with van der Waals surface area (Å²) < 4.78 is 17.6. The standard InChI is InChI=1S/C12H21NO3/c1-5-14-12(4)8-10(2)9(13)6-7-11(3,15-10)16-12/h13H,5-8H2,1-4H3. The molecule has 2 saturated heterocycles. The molecule has 92 valence electrons. The zero-order valence-electron chi connectivity index (χ0n) is 10.6. The SMILES string of the molecule is CCOC1(C)CC2(C)OC(C)(CCC2=N)O1. The van der Waals surface area contributed by atoms with E-state index in [1.165, 1.54) is 0 Å². The van der Waals surface area contributed by atoms with E-state index in [9.17, 15) is 0 Å². The van der Waals surface area contributed by atoms with Gasteiger partial charge in [0, 0.05) is 25.2 Å². The normalized spacial score (nSPS) is 48.1. The van der Waals surface area contributed by atoms with Crippen LogP contribution in [0.1, 0.15) is 47.0 Å². The van der Waals surface area contributed by atoms with Gasteiger partial charge >= 0.3 is 0 Å². The second-order valence-electron chi connectivity index (χ2n) is 5.29. The second-order valence-corrected chi connectivity index (χ2v) is 5.29. The van der Waals surface area contributed by atoms with Crippen molar-refractivity contribution < 1.29 is 14.2 Å². The first-order chi connectivity index (χ1) is 7.31. The van der Waals surface area contributed by atoms with Crippen LogP contribution in [0.2, 0.25) is 0 Å². The molecule has 0 aromatic rings. The Morgan fingerprint density at radius 1 is 1.31 bits per heavy atom. The predicted octanol–water partition coefficient (Wildman–Crippen LogP) is 2.46. The topological polar surface area (TPSA) is 51.5 Å². The van der Waals surface area contributed by atoms with Crippen molar-refractivity contribution >= 4 is 5.71 Å². The van der Waals surface area contributed by atoms with Crippen LogP contribution in [-0.2, 0) is 14.2 Å². The minimum Gasteiger partial charge on any atom is -0.350 e. The monoisotopic (exact) mass is 227 g/mol. The molecule has 0 aliphatic carbocycles. The lowest BCUT2D eigenvalue weighted by molar-refractivity contribution is -0.415. The molecule has 2 aliphatic rings. The Labute approximate surface area is 96.8 Å². The molecule has 2 bridgehead atoms. The Hall–Kier alpha value is -0.450. The van der Waals surface area contributed by atoms with Crippen LogP contribution >= 0.6 is 0 Å². The van der Waals surface area contributed by atoms with Crippen LogP contribution in [0.15, 0.2) is 0 Å². The Kier molecular flexibility index (Phi) is 2.64. The molecule has 3 atom stereocenters. The highest BCUT2D eigenvalue weighted by atomic mass is 16.8. The minimum atomic E-state index is -0.636. The fourth-order valence-corrected chi connectivity index (χ4v) is 2.91. The second kappa shape index (κ2) is 3.52. The van der Waals surface area contributed by atoms with Crippen molar-refractivity contribution in [3.63, 3.8) is 0 Å². The van der Waals surface area contributed by atoms with Gasteiger partial charge in [-0.2, -0.15) is 0 Å². The van der Waals surface area contributed by atoms with E-state index in [2.05, 4.69) is 0 Å². The van der Waals surface area contributed by atoms with Crippen LogP contribution in [0.3, 0.4) is 0 Å². The van der Waals surface area contributed by atoms with Crippen molar-refractivity contribution in [3.05, 3.63) is 0 Å². The molecular weight excluding hydrogens is 206 g/mol. The van der Waals surface area contributed by atoms with Crippen molar-refractivity contribution in [1.29, 1.82) is 5.41 Å². The van der Waals surface area contributed by atoms with E-state index in [1.807, 2.05) is 27.7 Å². The van der Waals surface area contributed by atoms with E-state index >= 15 is 0 Å². The van der Waals surface area contributed by atoms with E-state index in [1.54, 1.807) is 0 Å².